The maximum absolute atomic E-state index is 12.1. The van der Waals surface area contributed by atoms with Crippen molar-refractivity contribution in [1.82, 2.24) is 10.9 Å². The third-order valence-corrected chi connectivity index (χ3v) is 4.46. The number of ether oxygens (including phenoxy) is 2. The van der Waals surface area contributed by atoms with E-state index in [-0.39, 0.29) is 12.0 Å². The van der Waals surface area contributed by atoms with Gasteiger partial charge in [-0.25, -0.2) is 0 Å². The Morgan fingerprint density at radius 1 is 1.07 bits per heavy atom. The number of carbonyl (C=O) groups is 2. The van der Waals surface area contributed by atoms with Gasteiger partial charge in [-0.2, -0.15) is 0 Å². The lowest BCUT2D eigenvalue weighted by Crippen LogP contribution is -2.48. The molecule has 1 unspecified atom stereocenters. The average Bonchev–Trinajstić information content (AvgIpc) is 2.65. The van der Waals surface area contributed by atoms with Crippen LogP contribution in [0.4, 0.5) is 0 Å². The second-order valence-electron chi connectivity index (χ2n) is 7.77. The minimum absolute atomic E-state index is 0.0401. The SMILES string of the molecule is Cc1cc(Cl)ccc1OCC(=O)NNC(=O)C(C)Oc1ccc(C(C)(C)C)cc1. The summed E-state index contributed by atoms with van der Waals surface area (Å²) in [6.07, 6.45) is -0.782. The number of benzene rings is 2. The third-order valence-electron chi connectivity index (χ3n) is 4.22. The molecule has 2 N–H and O–H groups in total. The molecule has 1 atom stereocenters. The van der Waals surface area contributed by atoms with Gasteiger partial charge in [0.25, 0.3) is 11.8 Å². The van der Waals surface area contributed by atoms with Crippen LogP contribution in [-0.2, 0) is 15.0 Å². The number of halogens is 1. The molecule has 0 aliphatic carbocycles. The van der Waals surface area contributed by atoms with Crippen LogP contribution >= 0.6 is 11.6 Å². The fourth-order valence-corrected chi connectivity index (χ4v) is 2.70. The average molecular weight is 419 g/mol. The molecule has 0 fully saturated rings. The van der Waals surface area contributed by atoms with E-state index in [0.29, 0.717) is 16.5 Å². The van der Waals surface area contributed by atoms with Crippen LogP contribution < -0.4 is 20.3 Å². The van der Waals surface area contributed by atoms with Crippen molar-refractivity contribution in [3.05, 3.63) is 58.6 Å². The molecule has 0 aliphatic heterocycles. The smallest absolute Gasteiger partial charge is 0.279 e. The molecule has 2 amide bonds. The summed E-state index contributed by atoms with van der Waals surface area (Å²) < 4.78 is 11.1. The minimum Gasteiger partial charge on any atom is -0.483 e. The number of carbonyl (C=O) groups excluding carboxylic acids is 2. The van der Waals surface area contributed by atoms with Gasteiger partial charge in [0, 0.05) is 5.02 Å². The van der Waals surface area contributed by atoms with Crippen LogP contribution in [0.2, 0.25) is 5.02 Å². The minimum atomic E-state index is -0.782. The number of aryl methyl sites for hydroxylation is 1. The molecule has 2 aromatic carbocycles. The summed E-state index contributed by atoms with van der Waals surface area (Å²) in [4.78, 5) is 24.0. The molecular weight excluding hydrogens is 392 g/mol. The standard InChI is InChI=1S/C22H27ClN2O4/c1-14-12-17(23)8-11-19(14)28-13-20(26)24-25-21(27)15(2)29-18-9-6-16(7-10-18)22(3,4)5/h6-12,15H,13H2,1-5H3,(H,24,26)(H,25,27). The first kappa shape index (κ1) is 22.6. The summed E-state index contributed by atoms with van der Waals surface area (Å²) in [7, 11) is 0. The number of hydrazine groups is 1. The number of nitrogens with one attached hydrogen (secondary N) is 2. The highest BCUT2D eigenvalue weighted by atomic mass is 35.5. The van der Waals surface area contributed by atoms with Crippen LogP contribution in [0.25, 0.3) is 0 Å². The van der Waals surface area contributed by atoms with Gasteiger partial charge in [-0.1, -0.05) is 44.5 Å². The Morgan fingerprint density at radius 3 is 2.31 bits per heavy atom. The first-order chi connectivity index (χ1) is 13.6. The van der Waals surface area contributed by atoms with E-state index in [1.54, 1.807) is 25.1 Å². The van der Waals surface area contributed by atoms with Crippen molar-refractivity contribution in [2.45, 2.75) is 46.1 Å². The van der Waals surface area contributed by atoms with E-state index in [0.717, 1.165) is 5.56 Å². The highest BCUT2D eigenvalue weighted by molar-refractivity contribution is 6.30. The second-order valence-corrected chi connectivity index (χ2v) is 8.21. The predicted molar refractivity (Wildman–Crippen MR) is 113 cm³/mol. The molecule has 0 radical (unpaired) electrons. The van der Waals surface area contributed by atoms with E-state index in [1.165, 1.54) is 5.56 Å². The highest BCUT2D eigenvalue weighted by Crippen LogP contribution is 2.24. The summed E-state index contributed by atoms with van der Waals surface area (Å²) >= 11 is 5.89. The van der Waals surface area contributed by atoms with Gasteiger partial charge in [-0.05, 0) is 60.7 Å². The summed E-state index contributed by atoms with van der Waals surface area (Å²) in [6.45, 7) is 9.56. The zero-order valence-electron chi connectivity index (χ0n) is 17.3. The van der Waals surface area contributed by atoms with Gasteiger partial charge < -0.3 is 9.47 Å². The summed E-state index contributed by atoms with van der Waals surface area (Å²) in [5, 5.41) is 0.591. The molecule has 2 aromatic rings. The Kier molecular flexibility index (Phi) is 7.51. The predicted octanol–water partition coefficient (Wildman–Crippen LogP) is 3.94. The first-order valence-corrected chi connectivity index (χ1v) is 9.69. The van der Waals surface area contributed by atoms with Gasteiger partial charge in [0.2, 0.25) is 0 Å². The lowest BCUT2D eigenvalue weighted by molar-refractivity contribution is -0.133. The Bertz CT molecular complexity index is 860. The van der Waals surface area contributed by atoms with E-state index in [2.05, 4.69) is 31.6 Å². The number of rotatable bonds is 6. The molecule has 29 heavy (non-hydrogen) atoms. The van der Waals surface area contributed by atoms with Crippen molar-refractivity contribution in [2.75, 3.05) is 6.61 Å². The van der Waals surface area contributed by atoms with Crippen molar-refractivity contribution >= 4 is 23.4 Å². The molecule has 2 rings (SSSR count). The molecule has 0 spiro atoms. The molecule has 0 bridgehead atoms. The Balaban J connectivity index is 1.78. The molecule has 0 saturated heterocycles. The largest absolute Gasteiger partial charge is 0.483 e. The number of hydrogen-bond acceptors (Lipinski definition) is 4. The fourth-order valence-electron chi connectivity index (χ4n) is 2.48. The van der Waals surface area contributed by atoms with Gasteiger partial charge in [-0.3, -0.25) is 20.4 Å². The summed E-state index contributed by atoms with van der Waals surface area (Å²) in [5.41, 5.74) is 6.67. The molecule has 0 aromatic heterocycles. The topological polar surface area (TPSA) is 76.7 Å². The molecule has 0 aliphatic rings. The van der Waals surface area contributed by atoms with Gasteiger partial charge in [-0.15, -0.1) is 0 Å². The van der Waals surface area contributed by atoms with E-state index < -0.39 is 17.9 Å². The van der Waals surface area contributed by atoms with Crippen molar-refractivity contribution < 1.29 is 19.1 Å². The highest BCUT2D eigenvalue weighted by Gasteiger charge is 2.17. The van der Waals surface area contributed by atoms with Crippen molar-refractivity contribution in [3.8, 4) is 11.5 Å². The Hall–Kier alpha value is -2.73. The normalized spacial score (nSPS) is 12.1. The van der Waals surface area contributed by atoms with Crippen molar-refractivity contribution in [3.63, 3.8) is 0 Å². The third kappa shape index (κ3) is 6.98. The molecule has 7 heteroatoms. The maximum Gasteiger partial charge on any atom is 0.279 e. The van der Waals surface area contributed by atoms with Crippen LogP contribution in [0.5, 0.6) is 11.5 Å². The summed E-state index contributed by atoms with van der Waals surface area (Å²) in [6, 6.07) is 12.7. The maximum atomic E-state index is 12.1. The Morgan fingerprint density at radius 2 is 1.72 bits per heavy atom. The molecule has 0 saturated carbocycles. The van der Waals surface area contributed by atoms with E-state index in [1.807, 2.05) is 31.2 Å². The van der Waals surface area contributed by atoms with Gasteiger partial charge in [0.1, 0.15) is 11.5 Å². The summed E-state index contributed by atoms with van der Waals surface area (Å²) in [5.74, 6) is 0.162. The lowest BCUT2D eigenvalue weighted by Gasteiger charge is -2.20. The quantitative estimate of drug-likeness (QED) is 0.696. The van der Waals surface area contributed by atoms with Gasteiger partial charge in [0.05, 0.1) is 0 Å². The number of hydrogen-bond donors (Lipinski definition) is 2. The van der Waals surface area contributed by atoms with E-state index >= 15 is 0 Å². The molecule has 0 heterocycles. The van der Waals surface area contributed by atoms with Crippen LogP contribution in [0.1, 0.15) is 38.8 Å². The molecule has 6 nitrogen and oxygen atoms in total. The van der Waals surface area contributed by atoms with Gasteiger partial charge in [0.15, 0.2) is 12.7 Å². The van der Waals surface area contributed by atoms with Crippen LogP contribution in [-0.4, -0.2) is 24.5 Å². The van der Waals surface area contributed by atoms with Crippen LogP contribution in [0.3, 0.4) is 0 Å². The van der Waals surface area contributed by atoms with Crippen LogP contribution in [0, 0.1) is 6.92 Å². The second kappa shape index (κ2) is 9.65. The van der Waals surface area contributed by atoms with Crippen molar-refractivity contribution in [2.24, 2.45) is 0 Å². The lowest BCUT2D eigenvalue weighted by atomic mass is 9.87. The first-order valence-electron chi connectivity index (χ1n) is 9.31. The molecular formula is C22H27ClN2O4. The fraction of sp³-hybridized carbons (Fsp3) is 0.364. The van der Waals surface area contributed by atoms with Crippen LogP contribution in [0.15, 0.2) is 42.5 Å². The molecule has 156 valence electrons. The monoisotopic (exact) mass is 418 g/mol. The van der Waals surface area contributed by atoms with Crippen molar-refractivity contribution in [1.29, 1.82) is 0 Å². The Labute approximate surface area is 176 Å². The van der Waals surface area contributed by atoms with Gasteiger partial charge >= 0.3 is 0 Å². The zero-order chi connectivity index (χ0) is 21.6. The van der Waals surface area contributed by atoms with E-state index in [9.17, 15) is 9.59 Å². The number of amides is 2. The zero-order valence-corrected chi connectivity index (χ0v) is 18.1. The van der Waals surface area contributed by atoms with E-state index in [4.69, 9.17) is 21.1 Å².